The van der Waals surface area contributed by atoms with E-state index in [-0.39, 0.29) is 5.54 Å². The topological polar surface area (TPSA) is 27.8 Å². The van der Waals surface area contributed by atoms with Crippen molar-refractivity contribution in [1.82, 2.24) is 4.98 Å². The average Bonchev–Trinajstić information content (AvgIpc) is 3.09. The Bertz CT molecular complexity index is 708. The van der Waals surface area contributed by atoms with Crippen LogP contribution in [0.15, 0.2) is 60.8 Å². The van der Waals surface area contributed by atoms with Crippen molar-refractivity contribution >= 4 is 16.6 Å². The monoisotopic (exact) mass is 248 g/mol. The van der Waals surface area contributed by atoms with Crippen molar-refractivity contribution in [3.8, 4) is 0 Å². The third-order valence-corrected chi connectivity index (χ3v) is 4.01. The Kier molecular flexibility index (Phi) is 2.18. The maximum atomic E-state index is 3.71. The minimum atomic E-state index is 0.158. The van der Waals surface area contributed by atoms with Crippen molar-refractivity contribution in [2.24, 2.45) is 0 Å². The minimum absolute atomic E-state index is 0.158. The van der Waals surface area contributed by atoms with Crippen LogP contribution in [0.1, 0.15) is 18.4 Å². The largest absolute Gasteiger partial charge is 0.376 e. The molecule has 1 heterocycles. The Labute approximate surface area is 112 Å². The highest BCUT2D eigenvalue weighted by atomic mass is 15.0. The van der Waals surface area contributed by atoms with Crippen LogP contribution in [0.3, 0.4) is 0 Å². The zero-order valence-electron chi connectivity index (χ0n) is 10.7. The zero-order chi connectivity index (χ0) is 12.7. The van der Waals surface area contributed by atoms with Gasteiger partial charge in [-0.1, -0.05) is 30.3 Å². The molecule has 0 saturated heterocycles. The molecule has 2 nitrogen and oxygen atoms in total. The molecule has 0 atom stereocenters. The van der Waals surface area contributed by atoms with Gasteiger partial charge in [-0.05, 0) is 42.7 Å². The molecule has 1 aliphatic carbocycles. The van der Waals surface area contributed by atoms with Crippen LogP contribution in [0.5, 0.6) is 0 Å². The normalized spacial score (nSPS) is 16.4. The summed E-state index contributed by atoms with van der Waals surface area (Å²) in [5.41, 5.74) is 3.94. The second kappa shape index (κ2) is 3.89. The lowest BCUT2D eigenvalue weighted by Crippen LogP contribution is -2.18. The molecule has 0 aliphatic heterocycles. The minimum Gasteiger partial charge on any atom is -0.376 e. The van der Waals surface area contributed by atoms with Gasteiger partial charge in [0.15, 0.2) is 0 Å². The number of rotatable bonds is 3. The summed E-state index contributed by atoms with van der Waals surface area (Å²) in [6.07, 6.45) is 4.41. The Hall–Kier alpha value is -2.22. The molecular formula is C17H16N2. The molecule has 1 aliphatic rings. The fourth-order valence-electron chi connectivity index (χ4n) is 2.78. The molecule has 19 heavy (non-hydrogen) atoms. The first kappa shape index (κ1) is 10.7. The van der Waals surface area contributed by atoms with Crippen molar-refractivity contribution in [2.45, 2.75) is 18.4 Å². The molecule has 0 unspecified atom stereocenters. The number of anilines is 1. The molecule has 1 aromatic heterocycles. The van der Waals surface area contributed by atoms with Crippen LogP contribution >= 0.6 is 0 Å². The van der Waals surface area contributed by atoms with Gasteiger partial charge in [0.2, 0.25) is 0 Å². The first-order valence-electron chi connectivity index (χ1n) is 6.77. The van der Waals surface area contributed by atoms with Gasteiger partial charge >= 0.3 is 0 Å². The van der Waals surface area contributed by atoms with Crippen molar-refractivity contribution in [2.75, 3.05) is 5.32 Å². The SMILES string of the molecule is c1ccc(C2(Nc3ccc4[nH]ccc4c3)CC2)cc1. The summed E-state index contributed by atoms with van der Waals surface area (Å²) in [4.78, 5) is 3.23. The second-order valence-corrected chi connectivity index (χ2v) is 5.35. The summed E-state index contributed by atoms with van der Waals surface area (Å²) >= 11 is 0. The predicted octanol–water partition coefficient (Wildman–Crippen LogP) is 4.27. The van der Waals surface area contributed by atoms with Crippen molar-refractivity contribution in [3.63, 3.8) is 0 Å². The van der Waals surface area contributed by atoms with Gasteiger partial charge in [-0.15, -0.1) is 0 Å². The average molecular weight is 248 g/mol. The summed E-state index contributed by atoms with van der Waals surface area (Å²) in [6.45, 7) is 0. The van der Waals surface area contributed by atoms with Gasteiger partial charge in [0.05, 0.1) is 5.54 Å². The Morgan fingerprint density at radius 3 is 2.58 bits per heavy atom. The third-order valence-electron chi connectivity index (χ3n) is 4.01. The zero-order valence-corrected chi connectivity index (χ0v) is 10.7. The molecule has 3 aromatic rings. The van der Waals surface area contributed by atoms with E-state index in [2.05, 4.69) is 64.9 Å². The van der Waals surface area contributed by atoms with Gasteiger partial charge in [0.25, 0.3) is 0 Å². The van der Waals surface area contributed by atoms with E-state index in [0.717, 1.165) is 0 Å². The van der Waals surface area contributed by atoms with Crippen LogP contribution < -0.4 is 5.32 Å². The van der Waals surface area contributed by atoms with Crippen LogP contribution in [-0.2, 0) is 5.54 Å². The molecule has 0 amide bonds. The number of hydrogen-bond acceptors (Lipinski definition) is 1. The number of fused-ring (bicyclic) bond motifs is 1. The first-order chi connectivity index (χ1) is 9.36. The van der Waals surface area contributed by atoms with Crippen LogP contribution in [0.25, 0.3) is 10.9 Å². The van der Waals surface area contributed by atoms with E-state index in [0.29, 0.717) is 0 Å². The molecule has 1 saturated carbocycles. The second-order valence-electron chi connectivity index (χ2n) is 5.35. The predicted molar refractivity (Wildman–Crippen MR) is 79.3 cm³/mol. The lowest BCUT2D eigenvalue weighted by Gasteiger charge is -2.19. The third kappa shape index (κ3) is 1.80. The highest BCUT2D eigenvalue weighted by Crippen LogP contribution is 2.48. The van der Waals surface area contributed by atoms with E-state index in [1.165, 1.54) is 35.0 Å². The van der Waals surface area contributed by atoms with Crippen LogP contribution in [0.4, 0.5) is 5.69 Å². The molecule has 2 heteroatoms. The summed E-state index contributed by atoms with van der Waals surface area (Å²) in [6, 6.07) is 19.4. The molecule has 0 radical (unpaired) electrons. The van der Waals surface area contributed by atoms with E-state index in [9.17, 15) is 0 Å². The van der Waals surface area contributed by atoms with Gasteiger partial charge < -0.3 is 10.3 Å². The highest BCUT2D eigenvalue weighted by molar-refractivity contribution is 5.83. The van der Waals surface area contributed by atoms with Gasteiger partial charge in [-0.25, -0.2) is 0 Å². The number of aromatic amines is 1. The fraction of sp³-hybridized carbons (Fsp3) is 0.176. The Morgan fingerprint density at radius 1 is 0.947 bits per heavy atom. The number of benzene rings is 2. The van der Waals surface area contributed by atoms with E-state index >= 15 is 0 Å². The molecule has 2 N–H and O–H groups in total. The smallest absolute Gasteiger partial charge is 0.0627 e. The Morgan fingerprint density at radius 2 is 1.79 bits per heavy atom. The molecule has 0 spiro atoms. The van der Waals surface area contributed by atoms with Crippen LogP contribution in [0.2, 0.25) is 0 Å². The van der Waals surface area contributed by atoms with Crippen molar-refractivity contribution in [1.29, 1.82) is 0 Å². The standard InChI is InChI=1S/C17H16N2/c1-2-4-14(5-3-1)17(9-10-17)19-15-6-7-16-13(12-15)8-11-18-16/h1-8,11-12,18-19H,9-10H2. The van der Waals surface area contributed by atoms with Crippen molar-refractivity contribution in [3.05, 3.63) is 66.4 Å². The molecule has 0 bridgehead atoms. The number of H-pyrrole nitrogens is 1. The van der Waals surface area contributed by atoms with Crippen LogP contribution in [-0.4, -0.2) is 4.98 Å². The fourth-order valence-corrected chi connectivity index (χ4v) is 2.78. The summed E-state index contributed by atoms with van der Waals surface area (Å²) in [5.74, 6) is 0. The van der Waals surface area contributed by atoms with E-state index < -0.39 is 0 Å². The molecule has 1 fully saturated rings. The lowest BCUT2D eigenvalue weighted by molar-refractivity contribution is 0.809. The van der Waals surface area contributed by atoms with E-state index in [1.54, 1.807) is 0 Å². The maximum absolute atomic E-state index is 3.71. The molecule has 4 rings (SSSR count). The van der Waals surface area contributed by atoms with E-state index in [4.69, 9.17) is 0 Å². The summed E-state index contributed by atoms with van der Waals surface area (Å²) < 4.78 is 0. The quantitative estimate of drug-likeness (QED) is 0.711. The van der Waals surface area contributed by atoms with Gasteiger partial charge in [0.1, 0.15) is 0 Å². The first-order valence-corrected chi connectivity index (χ1v) is 6.77. The Balaban J connectivity index is 1.67. The van der Waals surface area contributed by atoms with Crippen molar-refractivity contribution < 1.29 is 0 Å². The number of aromatic nitrogens is 1. The summed E-state index contributed by atoms with van der Waals surface area (Å²) in [5, 5.41) is 4.97. The maximum Gasteiger partial charge on any atom is 0.0627 e. The number of hydrogen-bond donors (Lipinski definition) is 2. The molecule has 2 aromatic carbocycles. The number of nitrogens with one attached hydrogen (secondary N) is 2. The highest BCUT2D eigenvalue weighted by Gasteiger charge is 2.44. The van der Waals surface area contributed by atoms with Gasteiger partial charge in [0, 0.05) is 22.8 Å². The summed E-state index contributed by atoms with van der Waals surface area (Å²) in [7, 11) is 0. The lowest BCUT2D eigenvalue weighted by atomic mass is 10.0. The molecule has 94 valence electrons. The van der Waals surface area contributed by atoms with Gasteiger partial charge in [-0.2, -0.15) is 0 Å². The van der Waals surface area contributed by atoms with E-state index in [1.807, 2.05) is 6.20 Å². The van der Waals surface area contributed by atoms with Gasteiger partial charge in [-0.3, -0.25) is 0 Å². The molecular weight excluding hydrogens is 232 g/mol. The van der Waals surface area contributed by atoms with Crippen LogP contribution in [0, 0.1) is 0 Å².